The van der Waals surface area contributed by atoms with Crippen molar-refractivity contribution in [2.75, 3.05) is 9.80 Å². The molecule has 0 amide bonds. The van der Waals surface area contributed by atoms with E-state index in [0.717, 1.165) is 39.7 Å². The molecule has 75 heavy (non-hydrogen) atoms. The number of hydrogen-bond donors (Lipinski definition) is 0. The molecule has 0 saturated carbocycles. The van der Waals surface area contributed by atoms with Gasteiger partial charge in [0.05, 0.1) is 11.1 Å². The van der Waals surface area contributed by atoms with Crippen LogP contribution in [-0.4, -0.2) is 0 Å². The zero-order chi connectivity index (χ0) is 49.5. The molecule has 0 N–H and O–H groups in total. The number of fused-ring (bicyclic) bond motifs is 13. The van der Waals surface area contributed by atoms with Crippen LogP contribution in [-0.2, 0) is 5.41 Å². The van der Waals surface area contributed by atoms with Crippen LogP contribution in [0.2, 0.25) is 0 Å². The zero-order valence-corrected chi connectivity index (χ0v) is 41.1. The summed E-state index contributed by atoms with van der Waals surface area (Å²) in [5, 5.41) is 7.25. The van der Waals surface area contributed by atoms with Crippen LogP contribution in [0, 0.1) is 0 Å². The van der Waals surface area contributed by atoms with Crippen molar-refractivity contribution in [1.82, 2.24) is 0 Å². The summed E-state index contributed by atoms with van der Waals surface area (Å²) in [5.74, 6) is 0. The summed E-state index contributed by atoms with van der Waals surface area (Å²) in [6, 6.07) is 108. The molecule has 0 aliphatic heterocycles. The Morgan fingerprint density at radius 3 is 1.15 bits per heavy atom. The maximum absolute atomic E-state index is 2.52. The minimum Gasteiger partial charge on any atom is -0.310 e. The Morgan fingerprint density at radius 2 is 0.587 bits per heavy atom. The van der Waals surface area contributed by atoms with Crippen LogP contribution in [0.1, 0.15) is 22.3 Å². The van der Waals surface area contributed by atoms with Gasteiger partial charge in [0.25, 0.3) is 0 Å². The van der Waals surface area contributed by atoms with Gasteiger partial charge < -0.3 is 9.80 Å². The second-order valence-electron chi connectivity index (χ2n) is 20.0. The predicted molar refractivity (Wildman–Crippen MR) is 315 cm³/mol. The number of rotatable bonds is 8. The second kappa shape index (κ2) is 17.2. The summed E-state index contributed by atoms with van der Waals surface area (Å²) >= 11 is 0. The molecule has 13 aromatic rings. The summed E-state index contributed by atoms with van der Waals surface area (Å²) in [4.78, 5) is 4.95. The number of nitrogens with zero attached hydrogens (tertiary/aromatic N) is 2. The van der Waals surface area contributed by atoms with Crippen LogP contribution < -0.4 is 9.80 Å². The fourth-order valence-electron chi connectivity index (χ4n) is 12.6. The van der Waals surface area contributed by atoms with Gasteiger partial charge in [0, 0.05) is 34.0 Å². The number of benzene rings is 13. The average Bonchev–Trinajstić information content (AvgIpc) is 4.06. The molecule has 1 unspecified atom stereocenters. The lowest BCUT2D eigenvalue weighted by Gasteiger charge is -2.34. The van der Waals surface area contributed by atoms with Crippen molar-refractivity contribution < 1.29 is 0 Å². The van der Waals surface area contributed by atoms with Crippen molar-refractivity contribution in [3.05, 3.63) is 313 Å². The van der Waals surface area contributed by atoms with Crippen LogP contribution in [0.15, 0.2) is 291 Å². The maximum Gasteiger partial charge on any atom is 0.0727 e. The van der Waals surface area contributed by atoms with Gasteiger partial charge in [-0.15, -0.1) is 0 Å². The van der Waals surface area contributed by atoms with Gasteiger partial charge in [-0.3, -0.25) is 0 Å². The van der Waals surface area contributed by atoms with E-state index in [1.807, 2.05) is 0 Å². The Morgan fingerprint density at radius 1 is 0.200 bits per heavy atom. The molecule has 2 aliphatic carbocycles. The Kier molecular flexibility index (Phi) is 9.83. The molecule has 0 saturated heterocycles. The van der Waals surface area contributed by atoms with Gasteiger partial charge in [-0.25, -0.2) is 0 Å². The van der Waals surface area contributed by atoms with E-state index >= 15 is 0 Å². The average molecular weight is 953 g/mol. The van der Waals surface area contributed by atoms with E-state index in [0.29, 0.717) is 0 Å². The fourth-order valence-corrected chi connectivity index (χ4v) is 12.6. The molecule has 0 fully saturated rings. The summed E-state index contributed by atoms with van der Waals surface area (Å²) < 4.78 is 0. The maximum atomic E-state index is 2.52. The molecule has 350 valence electrons. The van der Waals surface area contributed by atoms with E-state index in [9.17, 15) is 0 Å². The molecule has 0 bridgehead atoms. The minimum atomic E-state index is -0.621. The lowest BCUT2D eigenvalue weighted by molar-refractivity contribution is 0.793. The van der Waals surface area contributed by atoms with Gasteiger partial charge in [-0.05, 0) is 166 Å². The lowest BCUT2D eigenvalue weighted by atomic mass is 9.70. The highest BCUT2D eigenvalue weighted by molar-refractivity contribution is 6.02. The van der Waals surface area contributed by atoms with Crippen molar-refractivity contribution in [2.24, 2.45) is 0 Å². The minimum absolute atomic E-state index is 0.621. The van der Waals surface area contributed by atoms with Gasteiger partial charge in [0.2, 0.25) is 0 Å². The van der Waals surface area contributed by atoms with Gasteiger partial charge >= 0.3 is 0 Å². The first kappa shape index (κ1) is 42.9. The Bertz CT molecular complexity index is 4270. The normalized spacial score (nSPS) is 13.9. The third kappa shape index (κ3) is 6.80. The summed E-state index contributed by atoms with van der Waals surface area (Å²) in [6.45, 7) is 0. The number of anilines is 6. The quantitative estimate of drug-likeness (QED) is 0.150. The Hall–Kier alpha value is -9.76. The highest BCUT2D eigenvalue weighted by Crippen LogP contribution is 2.64. The number of hydrogen-bond acceptors (Lipinski definition) is 2. The molecule has 1 spiro atoms. The van der Waals surface area contributed by atoms with Gasteiger partial charge in [-0.1, -0.05) is 218 Å². The van der Waals surface area contributed by atoms with Crippen molar-refractivity contribution >= 4 is 66.4 Å². The van der Waals surface area contributed by atoms with E-state index in [4.69, 9.17) is 0 Å². The van der Waals surface area contributed by atoms with Gasteiger partial charge in [-0.2, -0.15) is 0 Å². The largest absolute Gasteiger partial charge is 0.310 e. The molecule has 1 atom stereocenters. The summed E-state index contributed by atoms with van der Waals surface area (Å²) in [7, 11) is 0. The Labute approximate surface area is 437 Å². The van der Waals surface area contributed by atoms with E-state index in [2.05, 4.69) is 301 Å². The van der Waals surface area contributed by atoms with Crippen LogP contribution in [0.25, 0.3) is 76.8 Å². The third-order valence-electron chi connectivity index (χ3n) is 16.0. The van der Waals surface area contributed by atoms with Crippen LogP contribution in [0.4, 0.5) is 34.1 Å². The standard InChI is InChI=1S/C73H48N2/c1-3-17-49(18-4-1)52-31-33-53(34-32-52)67-45-56-23-11-12-24-57(56)46-72(67)75(58-25-5-2-6-26-58)62-40-42-66-64-28-14-16-30-69(64)73(71(66)48-62)68-29-15-13-27-63(68)65-41-39-61(47-70(65)73)74(59-37-35-50-19-7-9-21-54(50)43-59)60-38-36-51-20-8-10-22-55(51)44-60/h1-48H. The van der Waals surface area contributed by atoms with E-state index in [1.165, 1.54) is 93.5 Å². The van der Waals surface area contributed by atoms with Crippen molar-refractivity contribution in [1.29, 1.82) is 0 Å². The number of para-hydroxylation sites is 1. The van der Waals surface area contributed by atoms with E-state index in [1.54, 1.807) is 0 Å². The third-order valence-corrected chi connectivity index (χ3v) is 16.0. The summed E-state index contributed by atoms with van der Waals surface area (Å²) in [5.41, 5.74) is 21.0. The predicted octanol–water partition coefficient (Wildman–Crippen LogP) is 19.8. The smallest absolute Gasteiger partial charge is 0.0727 e. The molecule has 0 radical (unpaired) electrons. The van der Waals surface area contributed by atoms with E-state index in [-0.39, 0.29) is 0 Å². The molecular formula is C73H48N2. The van der Waals surface area contributed by atoms with Crippen molar-refractivity contribution in [2.45, 2.75) is 5.41 Å². The second-order valence-corrected chi connectivity index (χ2v) is 20.0. The van der Waals surface area contributed by atoms with Gasteiger partial charge in [0.15, 0.2) is 0 Å². The first-order valence-corrected chi connectivity index (χ1v) is 26.0. The van der Waals surface area contributed by atoms with E-state index < -0.39 is 5.41 Å². The lowest BCUT2D eigenvalue weighted by Crippen LogP contribution is -2.26. The van der Waals surface area contributed by atoms with Crippen LogP contribution in [0.3, 0.4) is 0 Å². The molecule has 15 rings (SSSR count). The monoisotopic (exact) mass is 952 g/mol. The molecule has 2 aliphatic rings. The molecule has 13 aromatic carbocycles. The molecule has 2 nitrogen and oxygen atoms in total. The first-order chi connectivity index (χ1) is 37.2. The molecule has 0 heterocycles. The highest BCUT2D eigenvalue weighted by atomic mass is 15.1. The molecule has 0 aromatic heterocycles. The van der Waals surface area contributed by atoms with Crippen molar-refractivity contribution in [3.63, 3.8) is 0 Å². The molecule has 2 heteroatoms. The highest BCUT2D eigenvalue weighted by Gasteiger charge is 2.52. The topological polar surface area (TPSA) is 6.48 Å². The molecular weight excluding hydrogens is 905 g/mol. The zero-order valence-electron chi connectivity index (χ0n) is 41.1. The fraction of sp³-hybridized carbons (Fsp3) is 0.0137. The van der Waals surface area contributed by atoms with Gasteiger partial charge in [0.1, 0.15) is 0 Å². The van der Waals surface area contributed by atoms with Crippen molar-refractivity contribution in [3.8, 4) is 44.5 Å². The SMILES string of the molecule is c1ccc(-c2ccc(-c3cc4ccccc4cc3N(c3ccccc3)c3ccc4c(c3)C3(c5ccccc5-c5ccc(N(c6ccc7ccccc7c6)c6ccc7ccccc7c6)cc53)c3ccccc3-4)cc2)cc1. The first-order valence-electron chi connectivity index (χ1n) is 26.0. The Balaban J connectivity index is 0.965. The van der Waals surface area contributed by atoms with Crippen LogP contribution >= 0.6 is 0 Å². The summed E-state index contributed by atoms with van der Waals surface area (Å²) in [6.07, 6.45) is 0. The van der Waals surface area contributed by atoms with Crippen LogP contribution in [0.5, 0.6) is 0 Å².